The Morgan fingerprint density at radius 1 is 1.25 bits per heavy atom. The van der Waals surface area contributed by atoms with Crippen molar-refractivity contribution in [1.29, 1.82) is 0 Å². The van der Waals surface area contributed by atoms with E-state index < -0.39 is 0 Å². The third-order valence-electron chi connectivity index (χ3n) is 3.09. The number of nitrogens with one attached hydrogen (secondary N) is 1. The summed E-state index contributed by atoms with van der Waals surface area (Å²) in [5.74, 6) is 0.887. The number of hydrogen-bond donors (Lipinski definition) is 2. The second-order valence-electron chi connectivity index (χ2n) is 4.61. The van der Waals surface area contributed by atoms with Crippen LogP contribution in [-0.4, -0.2) is 35.1 Å². The summed E-state index contributed by atoms with van der Waals surface area (Å²) in [5.41, 5.74) is 2.42. The van der Waals surface area contributed by atoms with Crippen LogP contribution in [0.1, 0.15) is 11.1 Å². The van der Waals surface area contributed by atoms with Crippen molar-refractivity contribution >= 4 is 0 Å². The normalized spacial score (nSPS) is 10.7. The van der Waals surface area contributed by atoms with Gasteiger partial charge in [0.1, 0.15) is 5.75 Å². The number of methoxy groups -OCH3 is 1. The topological polar surface area (TPSA) is 59.3 Å². The fourth-order valence-corrected chi connectivity index (χ4v) is 1.98. The van der Waals surface area contributed by atoms with Crippen LogP contribution in [0.15, 0.2) is 36.7 Å². The molecule has 0 amide bonds. The molecule has 0 saturated carbocycles. The van der Waals surface area contributed by atoms with Gasteiger partial charge in [-0.05, 0) is 30.7 Å². The number of rotatable bonds is 8. The van der Waals surface area contributed by atoms with Gasteiger partial charge in [-0.1, -0.05) is 12.1 Å². The minimum Gasteiger partial charge on any atom is -0.497 e. The lowest BCUT2D eigenvalue weighted by atomic mass is 10.1. The molecule has 0 aliphatic heterocycles. The highest BCUT2D eigenvalue weighted by atomic mass is 16.5. The highest BCUT2D eigenvalue weighted by molar-refractivity contribution is 5.27. The predicted molar refractivity (Wildman–Crippen MR) is 77.7 cm³/mol. The summed E-state index contributed by atoms with van der Waals surface area (Å²) in [6.07, 6.45) is 4.77. The molecule has 5 nitrogen and oxygen atoms in total. The Morgan fingerprint density at radius 2 is 2.05 bits per heavy atom. The van der Waals surface area contributed by atoms with Crippen LogP contribution in [0.4, 0.5) is 0 Å². The van der Waals surface area contributed by atoms with Gasteiger partial charge >= 0.3 is 0 Å². The minimum absolute atomic E-state index is 0.117. The van der Waals surface area contributed by atoms with Gasteiger partial charge in [-0.2, -0.15) is 5.10 Å². The van der Waals surface area contributed by atoms with E-state index in [1.807, 2.05) is 24.5 Å². The SMILES string of the molecule is COc1ccc(CCNCc2cnn(CCO)c2)cc1. The first-order valence-corrected chi connectivity index (χ1v) is 6.77. The molecule has 2 aromatic rings. The van der Waals surface area contributed by atoms with Crippen LogP contribution in [-0.2, 0) is 19.5 Å². The maximum atomic E-state index is 8.82. The van der Waals surface area contributed by atoms with Gasteiger partial charge < -0.3 is 15.2 Å². The molecule has 0 radical (unpaired) electrons. The molecule has 1 aromatic heterocycles. The zero-order chi connectivity index (χ0) is 14.2. The number of aromatic nitrogens is 2. The van der Waals surface area contributed by atoms with Crippen LogP contribution in [0.25, 0.3) is 0 Å². The summed E-state index contributed by atoms with van der Waals surface area (Å²) in [5, 5.41) is 16.4. The Labute approximate surface area is 119 Å². The molecule has 1 aromatic carbocycles. The first kappa shape index (κ1) is 14.6. The molecular weight excluding hydrogens is 254 g/mol. The lowest BCUT2D eigenvalue weighted by Crippen LogP contribution is -2.16. The fraction of sp³-hybridized carbons (Fsp3) is 0.400. The van der Waals surface area contributed by atoms with E-state index in [1.54, 1.807) is 11.8 Å². The highest BCUT2D eigenvalue weighted by Crippen LogP contribution is 2.11. The first-order valence-electron chi connectivity index (χ1n) is 6.77. The largest absolute Gasteiger partial charge is 0.497 e. The van der Waals surface area contributed by atoms with E-state index >= 15 is 0 Å². The number of benzene rings is 1. The second kappa shape index (κ2) is 7.67. The minimum atomic E-state index is 0.117. The van der Waals surface area contributed by atoms with E-state index in [-0.39, 0.29) is 6.61 Å². The summed E-state index contributed by atoms with van der Waals surface area (Å²) in [7, 11) is 1.67. The number of hydrogen-bond acceptors (Lipinski definition) is 4. The quantitative estimate of drug-likeness (QED) is 0.711. The molecule has 2 rings (SSSR count). The van der Waals surface area contributed by atoms with Crippen LogP contribution in [0.5, 0.6) is 5.75 Å². The summed E-state index contributed by atoms with van der Waals surface area (Å²) in [6, 6.07) is 8.13. The predicted octanol–water partition coefficient (Wildman–Crippen LogP) is 1.22. The Balaban J connectivity index is 1.69. The summed E-state index contributed by atoms with van der Waals surface area (Å²) in [4.78, 5) is 0. The van der Waals surface area contributed by atoms with Gasteiger partial charge in [0.25, 0.3) is 0 Å². The van der Waals surface area contributed by atoms with Gasteiger partial charge in [0.15, 0.2) is 0 Å². The monoisotopic (exact) mass is 275 g/mol. The molecule has 0 spiro atoms. The molecule has 0 saturated heterocycles. The average Bonchev–Trinajstić information content (AvgIpc) is 2.92. The van der Waals surface area contributed by atoms with Crippen molar-refractivity contribution in [3.05, 3.63) is 47.8 Å². The second-order valence-corrected chi connectivity index (χ2v) is 4.61. The van der Waals surface area contributed by atoms with E-state index in [4.69, 9.17) is 9.84 Å². The van der Waals surface area contributed by atoms with Gasteiger partial charge in [0.05, 0.1) is 26.5 Å². The Bertz CT molecular complexity index is 508. The number of ether oxygens (including phenoxy) is 1. The molecular formula is C15H21N3O2. The average molecular weight is 275 g/mol. The fourth-order valence-electron chi connectivity index (χ4n) is 1.98. The highest BCUT2D eigenvalue weighted by Gasteiger charge is 1.98. The van der Waals surface area contributed by atoms with E-state index in [0.29, 0.717) is 6.54 Å². The lowest BCUT2D eigenvalue weighted by molar-refractivity contribution is 0.269. The van der Waals surface area contributed by atoms with Crippen molar-refractivity contribution in [3.8, 4) is 5.75 Å². The molecule has 0 aliphatic rings. The molecule has 0 atom stereocenters. The van der Waals surface area contributed by atoms with E-state index in [0.717, 1.165) is 30.8 Å². The number of aliphatic hydroxyl groups is 1. The smallest absolute Gasteiger partial charge is 0.118 e. The third-order valence-corrected chi connectivity index (χ3v) is 3.09. The van der Waals surface area contributed by atoms with Crippen LogP contribution in [0.2, 0.25) is 0 Å². The Morgan fingerprint density at radius 3 is 2.75 bits per heavy atom. The third kappa shape index (κ3) is 4.36. The Kier molecular flexibility index (Phi) is 5.58. The lowest BCUT2D eigenvalue weighted by Gasteiger charge is -2.05. The first-order chi connectivity index (χ1) is 9.81. The number of aliphatic hydroxyl groups excluding tert-OH is 1. The summed E-state index contributed by atoms with van der Waals surface area (Å²) >= 11 is 0. The van der Waals surface area contributed by atoms with Gasteiger partial charge in [0, 0.05) is 18.3 Å². The molecule has 5 heteroatoms. The van der Waals surface area contributed by atoms with Crippen molar-refractivity contribution in [2.24, 2.45) is 0 Å². The Hall–Kier alpha value is -1.85. The summed E-state index contributed by atoms with van der Waals surface area (Å²) in [6.45, 7) is 2.37. The number of nitrogens with zero attached hydrogens (tertiary/aromatic N) is 2. The van der Waals surface area contributed by atoms with E-state index in [1.165, 1.54) is 5.56 Å². The van der Waals surface area contributed by atoms with Gasteiger partial charge in [-0.15, -0.1) is 0 Å². The molecule has 2 N–H and O–H groups in total. The molecule has 20 heavy (non-hydrogen) atoms. The van der Waals surface area contributed by atoms with Crippen LogP contribution < -0.4 is 10.1 Å². The standard InChI is InChI=1S/C15H21N3O2/c1-20-15-4-2-13(3-5-15)6-7-16-10-14-11-17-18(12-14)8-9-19/h2-5,11-12,16,19H,6-10H2,1H3. The van der Waals surface area contributed by atoms with Gasteiger partial charge in [-0.25, -0.2) is 0 Å². The summed E-state index contributed by atoms with van der Waals surface area (Å²) < 4.78 is 6.88. The van der Waals surface area contributed by atoms with Gasteiger partial charge in [-0.3, -0.25) is 4.68 Å². The zero-order valence-corrected chi connectivity index (χ0v) is 11.7. The van der Waals surface area contributed by atoms with Crippen LogP contribution >= 0.6 is 0 Å². The zero-order valence-electron chi connectivity index (χ0n) is 11.7. The van der Waals surface area contributed by atoms with E-state index in [2.05, 4.69) is 22.5 Å². The van der Waals surface area contributed by atoms with Crippen LogP contribution in [0.3, 0.4) is 0 Å². The van der Waals surface area contributed by atoms with Crippen LogP contribution in [0, 0.1) is 0 Å². The molecule has 0 fully saturated rings. The molecule has 108 valence electrons. The molecule has 1 heterocycles. The van der Waals surface area contributed by atoms with Crippen molar-refractivity contribution in [2.45, 2.75) is 19.5 Å². The maximum Gasteiger partial charge on any atom is 0.118 e. The van der Waals surface area contributed by atoms with Gasteiger partial charge in [0.2, 0.25) is 0 Å². The van der Waals surface area contributed by atoms with Crippen molar-refractivity contribution in [2.75, 3.05) is 20.3 Å². The van der Waals surface area contributed by atoms with E-state index in [9.17, 15) is 0 Å². The van der Waals surface area contributed by atoms with Crippen molar-refractivity contribution < 1.29 is 9.84 Å². The van der Waals surface area contributed by atoms with Crippen molar-refractivity contribution in [3.63, 3.8) is 0 Å². The maximum absolute atomic E-state index is 8.82. The van der Waals surface area contributed by atoms with Crippen molar-refractivity contribution in [1.82, 2.24) is 15.1 Å². The molecule has 0 unspecified atom stereocenters. The molecule has 0 aliphatic carbocycles. The molecule has 0 bridgehead atoms.